The van der Waals surface area contributed by atoms with Gasteiger partial charge in [-0.15, -0.1) is 11.3 Å². The largest absolute Gasteiger partial charge is 0.478 e. The number of carboxylic acids is 1. The second-order valence-corrected chi connectivity index (χ2v) is 11.2. The monoisotopic (exact) mass is 516 g/mol. The zero-order valence-electron chi connectivity index (χ0n) is 21.6. The van der Waals surface area contributed by atoms with Crippen LogP contribution >= 0.6 is 11.3 Å². The number of nitrogens with two attached hydrogens (primary N) is 1. The first-order chi connectivity index (χ1) is 17.7. The predicted molar refractivity (Wildman–Crippen MR) is 147 cm³/mol. The smallest absolute Gasteiger partial charge is 0.338 e. The standard InChI is InChI=1S/C18H21N3OS.C11H11NO2/c1-10-4-3-5-12(6-10)17-16(20-11(2)23-17)18(22)21-14(9-19)7-13-8-15(13)21;1-7-10(11(13)14)8-5-3-4-6-9(8)12(7)2/h3-6,13-15H,7-9,19H2,1-2H3;3-6H,1-2H3,(H,13,14)/t13-,14+,15+;/m1./s1. The summed E-state index contributed by atoms with van der Waals surface area (Å²) >= 11 is 1.60. The molecule has 1 aliphatic heterocycles. The number of carbonyl (C=O) groups excluding carboxylic acids is 1. The molecule has 192 valence electrons. The van der Waals surface area contributed by atoms with E-state index >= 15 is 0 Å². The molecule has 0 radical (unpaired) electrons. The molecule has 4 aromatic rings. The summed E-state index contributed by atoms with van der Waals surface area (Å²) in [6.07, 6.45) is 2.18. The van der Waals surface area contributed by atoms with Crippen molar-refractivity contribution in [3.63, 3.8) is 0 Å². The van der Waals surface area contributed by atoms with Crippen molar-refractivity contribution in [1.29, 1.82) is 0 Å². The molecule has 0 unspecified atom stereocenters. The molecule has 3 heterocycles. The van der Waals surface area contributed by atoms with Crippen molar-refractivity contribution in [2.24, 2.45) is 18.7 Å². The van der Waals surface area contributed by atoms with Crippen molar-refractivity contribution in [3.05, 3.63) is 76.1 Å². The van der Waals surface area contributed by atoms with Crippen LogP contribution in [0.5, 0.6) is 0 Å². The van der Waals surface area contributed by atoms with Gasteiger partial charge in [0.05, 0.1) is 15.4 Å². The minimum Gasteiger partial charge on any atom is -0.478 e. The highest BCUT2D eigenvalue weighted by atomic mass is 32.1. The molecule has 2 aromatic heterocycles. The minimum atomic E-state index is -0.862. The Bertz CT molecular complexity index is 1500. The average Bonchev–Trinajstić information content (AvgIpc) is 3.24. The van der Waals surface area contributed by atoms with Gasteiger partial charge in [0, 0.05) is 42.3 Å². The number of amides is 1. The van der Waals surface area contributed by atoms with E-state index in [1.165, 1.54) is 5.56 Å². The maximum Gasteiger partial charge on any atom is 0.338 e. The fourth-order valence-electron chi connectivity index (χ4n) is 5.55. The summed E-state index contributed by atoms with van der Waals surface area (Å²) in [5, 5.41) is 10.8. The highest BCUT2D eigenvalue weighted by Crippen LogP contribution is 2.48. The van der Waals surface area contributed by atoms with Crippen LogP contribution in [0.4, 0.5) is 0 Å². The summed E-state index contributed by atoms with van der Waals surface area (Å²) in [5.74, 6) is -0.139. The molecule has 7 nitrogen and oxygen atoms in total. The van der Waals surface area contributed by atoms with Gasteiger partial charge in [-0.3, -0.25) is 4.79 Å². The Kier molecular flexibility index (Phi) is 6.64. The van der Waals surface area contributed by atoms with Crippen LogP contribution < -0.4 is 5.73 Å². The van der Waals surface area contributed by atoms with Gasteiger partial charge >= 0.3 is 5.97 Å². The molecular formula is C29H32N4O3S. The molecule has 2 aromatic carbocycles. The number of para-hydroxylation sites is 1. The molecule has 0 bridgehead atoms. The summed E-state index contributed by atoms with van der Waals surface area (Å²) in [5.41, 5.74) is 10.9. The van der Waals surface area contributed by atoms with E-state index in [1.54, 1.807) is 11.3 Å². The van der Waals surface area contributed by atoms with Crippen LogP contribution in [0, 0.1) is 26.7 Å². The average molecular weight is 517 g/mol. The van der Waals surface area contributed by atoms with Crippen LogP contribution in [0.3, 0.4) is 0 Å². The Labute approximate surface area is 220 Å². The molecule has 3 atom stereocenters. The zero-order valence-corrected chi connectivity index (χ0v) is 22.4. The van der Waals surface area contributed by atoms with Gasteiger partial charge in [0.25, 0.3) is 5.91 Å². The maximum atomic E-state index is 13.2. The lowest BCUT2D eigenvalue weighted by Crippen LogP contribution is -2.42. The van der Waals surface area contributed by atoms with E-state index in [0.717, 1.165) is 44.9 Å². The van der Waals surface area contributed by atoms with Crippen molar-refractivity contribution < 1.29 is 14.7 Å². The Morgan fingerprint density at radius 1 is 1.11 bits per heavy atom. The fraction of sp³-hybridized carbons (Fsp3) is 0.345. The number of carbonyl (C=O) groups is 2. The third-order valence-electron chi connectivity index (χ3n) is 7.55. The molecule has 8 heteroatoms. The third-order valence-corrected chi connectivity index (χ3v) is 8.57. The van der Waals surface area contributed by atoms with E-state index in [9.17, 15) is 9.59 Å². The SMILES string of the molecule is Cc1c(C(=O)O)c2ccccc2n1C.Cc1cccc(-c2sc(C)nc2C(=O)N2[C@H](CN)C[C@@H]3C[C@@H]32)c1. The van der Waals surface area contributed by atoms with Gasteiger partial charge in [-0.1, -0.05) is 48.0 Å². The number of aromatic nitrogens is 2. The molecule has 1 saturated carbocycles. The maximum absolute atomic E-state index is 13.2. The number of likely N-dealkylation sites (tertiary alicyclic amines) is 1. The first-order valence-corrected chi connectivity index (χ1v) is 13.4. The molecular weight excluding hydrogens is 484 g/mol. The van der Waals surface area contributed by atoms with Gasteiger partial charge in [0.1, 0.15) is 5.69 Å². The zero-order chi connectivity index (χ0) is 26.4. The van der Waals surface area contributed by atoms with Crippen LogP contribution in [0.25, 0.3) is 21.3 Å². The van der Waals surface area contributed by atoms with Crippen molar-refractivity contribution in [2.75, 3.05) is 6.54 Å². The van der Waals surface area contributed by atoms with Crippen LogP contribution in [0.2, 0.25) is 0 Å². The summed E-state index contributed by atoms with van der Waals surface area (Å²) in [6.45, 7) is 6.40. The number of fused-ring (bicyclic) bond motifs is 2. The lowest BCUT2D eigenvalue weighted by atomic mass is 10.1. The van der Waals surface area contributed by atoms with E-state index in [2.05, 4.69) is 30.1 Å². The van der Waals surface area contributed by atoms with Crippen LogP contribution in [0.1, 0.15) is 50.0 Å². The van der Waals surface area contributed by atoms with Crippen LogP contribution in [0.15, 0.2) is 48.5 Å². The summed E-state index contributed by atoms with van der Waals surface area (Å²) in [6, 6.07) is 16.4. The summed E-state index contributed by atoms with van der Waals surface area (Å²) in [7, 11) is 1.88. The Morgan fingerprint density at radius 2 is 1.86 bits per heavy atom. The molecule has 2 aliphatic rings. The van der Waals surface area contributed by atoms with Crippen molar-refractivity contribution in [2.45, 2.75) is 45.7 Å². The minimum absolute atomic E-state index is 0.0614. The number of hydrogen-bond acceptors (Lipinski definition) is 5. The van der Waals surface area contributed by atoms with Crippen molar-refractivity contribution in [3.8, 4) is 10.4 Å². The van der Waals surface area contributed by atoms with E-state index in [0.29, 0.717) is 29.8 Å². The molecule has 6 rings (SSSR count). The van der Waals surface area contributed by atoms with Gasteiger partial charge in [-0.25, -0.2) is 9.78 Å². The Hall–Kier alpha value is -3.49. The van der Waals surface area contributed by atoms with E-state index in [4.69, 9.17) is 10.8 Å². The summed E-state index contributed by atoms with van der Waals surface area (Å²) in [4.78, 5) is 31.8. The molecule has 1 saturated heterocycles. The van der Waals surface area contributed by atoms with E-state index in [1.807, 2.05) is 60.7 Å². The van der Waals surface area contributed by atoms with Gasteiger partial charge in [0.2, 0.25) is 0 Å². The second kappa shape index (κ2) is 9.76. The van der Waals surface area contributed by atoms with E-state index < -0.39 is 5.97 Å². The molecule has 0 spiro atoms. The fourth-order valence-corrected chi connectivity index (χ4v) is 6.46. The highest BCUT2D eigenvalue weighted by Gasteiger charge is 2.54. The van der Waals surface area contributed by atoms with Crippen molar-refractivity contribution in [1.82, 2.24) is 14.5 Å². The van der Waals surface area contributed by atoms with Gasteiger partial charge < -0.3 is 20.3 Å². The quantitative estimate of drug-likeness (QED) is 0.390. The number of carboxylic acid groups (broad SMARTS) is 1. The molecule has 1 amide bonds. The van der Waals surface area contributed by atoms with Crippen LogP contribution in [-0.4, -0.2) is 50.1 Å². The van der Waals surface area contributed by atoms with E-state index in [-0.39, 0.29) is 11.9 Å². The first kappa shape index (κ1) is 25.2. The van der Waals surface area contributed by atoms with Gasteiger partial charge in [0.15, 0.2) is 0 Å². The second-order valence-electron chi connectivity index (χ2n) is 10.0. The number of aryl methyl sites for hydroxylation is 3. The number of piperidine rings is 1. The number of rotatable bonds is 4. The number of hydrogen-bond donors (Lipinski definition) is 2. The van der Waals surface area contributed by atoms with Gasteiger partial charge in [-0.05, 0) is 51.2 Å². The number of thiazole rings is 1. The molecule has 3 N–H and O–H groups in total. The highest BCUT2D eigenvalue weighted by molar-refractivity contribution is 7.15. The predicted octanol–water partition coefficient (Wildman–Crippen LogP) is 5.17. The number of aromatic carboxylic acids is 1. The van der Waals surface area contributed by atoms with Gasteiger partial charge in [-0.2, -0.15) is 0 Å². The normalized spacial score (nSPS) is 19.9. The summed E-state index contributed by atoms with van der Waals surface area (Å²) < 4.78 is 1.90. The molecule has 2 fully saturated rings. The lowest BCUT2D eigenvalue weighted by molar-refractivity contribution is 0.0690. The molecule has 37 heavy (non-hydrogen) atoms. The Morgan fingerprint density at radius 3 is 2.57 bits per heavy atom. The first-order valence-electron chi connectivity index (χ1n) is 12.6. The topological polar surface area (TPSA) is 101 Å². The lowest BCUT2D eigenvalue weighted by Gasteiger charge is -2.26. The number of nitrogens with zero attached hydrogens (tertiary/aromatic N) is 3. The Balaban J connectivity index is 0.000000171. The van der Waals surface area contributed by atoms with Crippen LogP contribution in [-0.2, 0) is 7.05 Å². The number of benzene rings is 2. The molecule has 1 aliphatic carbocycles. The van der Waals surface area contributed by atoms with Crippen molar-refractivity contribution >= 4 is 34.1 Å². The third kappa shape index (κ3) is 4.55.